The maximum atomic E-state index is 3.48. The van der Waals surface area contributed by atoms with Crippen LogP contribution in [-0.4, -0.2) is 61.7 Å². The summed E-state index contributed by atoms with van der Waals surface area (Å²) < 4.78 is 0. The molecule has 1 rings (SSSR count). The highest BCUT2D eigenvalue weighted by Crippen LogP contribution is 2.04. The summed E-state index contributed by atoms with van der Waals surface area (Å²) in [5, 5.41) is 3.48. The molecule has 0 radical (unpaired) electrons. The Morgan fingerprint density at radius 2 is 1.56 bits per heavy atom. The highest BCUT2D eigenvalue weighted by molar-refractivity contribution is 4.73. The average Bonchev–Trinajstić information content (AvgIpc) is 2.29. The van der Waals surface area contributed by atoms with Crippen molar-refractivity contribution in [3.63, 3.8) is 0 Å². The minimum Gasteiger partial charge on any atom is -0.314 e. The monoisotopic (exact) mass is 227 g/mol. The summed E-state index contributed by atoms with van der Waals surface area (Å²) >= 11 is 0. The second kappa shape index (κ2) is 8.04. The normalized spacial score (nSPS) is 21.2. The predicted octanol–water partition coefficient (Wildman–Crippen LogP) is 1.40. The minimum absolute atomic E-state index is 0.665. The van der Waals surface area contributed by atoms with Crippen LogP contribution in [0.15, 0.2) is 0 Å². The van der Waals surface area contributed by atoms with Gasteiger partial charge in [-0.25, -0.2) is 0 Å². The van der Waals surface area contributed by atoms with Crippen molar-refractivity contribution in [2.75, 3.05) is 45.8 Å². The Morgan fingerprint density at radius 1 is 1.00 bits per heavy atom. The first-order valence-corrected chi connectivity index (χ1v) is 6.94. The fourth-order valence-electron chi connectivity index (χ4n) is 2.38. The molecule has 0 bridgehead atoms. The zero-order valence-corrected chi connectivity index (χ0v) is 11.3. The van der Waals surface area contributed by atoms with Crippen LogP contribution < -0.4 is 5.32 Å². The van der Waals surface area contributed by atoms with Gasteiger partial charge in [-0.2, -0.15) is 0 Å². The zero-order chi connectivity index (χ0) is 11.8. The van der Waals surface area contributed by atoms with E-state index in [2.05, 4.69) is 35.9 Å². The van der Waals surface area contributed by atoms with Crippen LogP contribution in [0.25, 0.3) is 0 Å². The number of hydrogen-bond donors (Lipinski definition) is 1. The second-order valence-corrected chi connectivity index (χ2v) is 4.93. The van der Waals surface area contributed by atoms with Gasteiger partial charge in [-0.05, 0) is 39.4 Å². The van der Waals surface area contributed by atoms with Gasteiger partial charge in [0, 0.05) is 32.2 Å². The van der Waals surface area contributed by atoms with Crippen molar-refractivity contribution in [3.05, 3.63) is 0 Å². The Morgan fingerprint density at radius 3 is 2.06 bits per heavy atom. The van der Waals surface area contributed by atoms with Gasteiger partial charge < -0.3 is 15.1 Å². The molecule has 1 atom stereocenters. The lowest BCUT2D eigenvalue weighted by atomic mass is 10.2. The molecule has 0 aromatic rings. The third kappa shape index (κ3) is 5.28. The van der Waals surface area contributed by atoms with Gasteiger partial charge in [-0.1, -0.05) is 13.8 Å². The van der Waals surface area contributed by atoms with Gasteiger partial charge in [-0.3, -0.25) is 0 Å². The molecule has 1 aliphatic heterocycles. The quantitative estimate of drug-likeness (QED) is 0.709. The summed E-state index contributed by atoms with van der Waals surface area (Å²) in [5.74, 6) is 0. The molecular formula is C13H29N3. The van der Waals surface area contributed by atoms with Gasteiger partial charge in [0.25, 0.3) is 0 Å². The Kier molecular flexibility index (Phi) is 7.01. The molecule has 16 heavy (non-hydrogen) atoms. The van der Waals surface area contributed by atoms with Crippen molar-refractivity contribution in [1.29, 1.82) is 0 Å². The third-order valence-corrected chi connectivity index (χ3v) is 3.44. The maximum Gasteiger partial charge on any atom is 0.0110 e. The molecule has 3 heteroatoms. The molecule has 96 valence electrons. The highest BCUT2D eigenvalue weighted by Gasteiger charge is 2.15. The lowest BCUT2D eigenvalue weighted by Crippen LogP contribution is -2.47. The largest absolute Gasteiger partial charge is 0.314 e. The van der Waals surface area contributed by atoms with E-state index in [-0.39, 0.29) is 0 Å². The second-order valence-electron chi connectivity index (χ2n) is 4.93. The van der Waals surface area contributed by atoms with Crippen molar-refractivity contribution in [3.8, 4) is 0 Å². The summed E-state index contributed by atoms with van der Waals surface area (Å²) in [6.07, 6.45) is 2.57. The van der Waals surface area contributed by atoms with E-state index >= 15 is 0 Å². The van der Waals surface area contributed by atoms with Crippen LogP contribution >= 0.6 is 0 Å². The van der Waals surface area contributed by atoms with Crippen molar-refractivity contribution in [2.45, 2.75) is 39.7 Å². The van der Waals surface area contributed by atoms with Gasteiger partial charge in [0.15, 0.2) is 0 Å². The number of rotatable bonds is 7. The zero-order valence-electron chi connectivity index (χ0n) is 11.3. The van der Waals surface area contributed by atoms with Crippen molar-refractivity contribution in [1.82, 2.24) is 15.1 Å². The van der Waals surface area contributed by atoms with Crippen LogP contribution in [0.4, 0.5) is 0 Å². The molecule has 1 N–H and O–H groups in total. The van der Waals surface area contributed by atoms with Crippen LogP contribution in [0, 0.1) is 0 Å². The summed E-state index contributed by atoms with van der Waals surface area (Å²) in [4.78, 5) is 5.20. The molecule has 1 saturated heterocycles. The number of hydrogen-bond acceptors (Lipinski definition) is 3. The topological polar surface area (TPSA) is 18.5 Å². The summed E-state index contributed by atoms with van der Waals surface area (Å²) in [6.45, 7) is 15.4. The molecule has 1 aliphatic rings. The highest BCUT2D eigenvalue weighted by atomic mass is 15.3. The van der Waals surface area contributed by atoms with Crippen LogP contribution in [0.2, 0.25) is 0 Å². The van der Waals surface area contributed by atoms with Gasteiger partial charge in [-0.15, -0.1) is 0 Å². The van der Waals surface area contributed by atoms with Gasteiger partial charge in [0.1, 0.15) is 0 Å². The Balaban J connectivity index is 2.07. The molecule has 0 aromatic heterocycles. The fraction of sp³-hybridized carbons (Fsp3) is 1.00. The smallest absolute Gasteiger partial charge is 0.0110 e. The van der Waals surface area contributed by atoms with E-state index in [1.54, 1.807) is 0 Å². The predicted molar refractivity (Wildman–Crippen MR) is 70.9 cm³/mol. The van der Waals surface area contributed by atoms with Crippen molar-refractivity contribution < 1.29 is 0 Å². The van der Waals surface area contributed by atoms with E-state index in [1.165, 1.54) is 52.1 Å². The number of nitrogens with one attached hydrogen (secondary N) is 1. The SMILES string of the molecule is CCCN1CCN(CCC(C)NCC)CC1. The van der Waals surface area contributed by atoms with E-state index in [0.717, 1.165) is 6.54 Å². The molecule has 1 heterocycles. The Labute approximate surface area is 101 Å². The third-order valence-electron chi connectivity index (χ3n) is 3.44. The van der Waals surface area contributed by atoms with Gasteiger partial charge >= 0.3 is 0 Å². The molecule has 0 saturated carbocycles. The van der Waals surface area contributed by atoms with Crippen LogP contribution in [0.3, 0.4) is 0 Å². The molecule has 0 amide bonds. The molecular weight excluding hydrogens is 198 g/mol. The van der Waals surface area contributed by atoms with Crippen molar-refractivity contribution in [2.24, 2.45) is 0 Å². The lowest BCUT2D eigenvalue weighted by molar-refractivity contribution is 0.129. The maximum absolute atomic E-state index is 3.48. The molecule has 0 spiro atoms. The van der Waals surface area contributed by atoms with E-state index in [4.69, 9.17) is 0 Å². The number of nitrogens with zero attached hydrogens (tertiary/aromatic N) is 2. The van der Waals surface area contributed by atoms with Crippen molar-refractivity contribution >= 4 is 0 Å². The first kappa shape index (κ1) is 13.9. The average molecular weight is 227 g/mol. The lowest BCUT2D eigenvalue weighted by Gasteiger charge is -2.35. The Bertz CT molecular complexity index is 165. The van der Waals surface area contributed by atoms with Crippen LogP contribution in [-0.2, 0) is 0 Å². The van der Waals surface area contributed by atoms with Gasteiger partial charge in [0.05, 0.1) is 0 Å². The molecule has 1 fully saturated rings. The molecule has 3 nitrogen and oxygen atoms in total. The van der Waals surface area contributed by atoms with Gasteiger partial charge in [0.2, 0.25) is 0 Å². The van der Waals surface area contributed by atoms with Crippen LogP contribution in [0.1, 0.15) is 33.6 Å². The van der Waals surface area contributed by atoms with E-state index in [9.17, 15) is 0 Å². The number of piperazine rings is 1. The molecule has 0 aromatic carbocycles. The fourth-order valence-corrected chi connectivity index (χ4v) is 2.38. The summed E-state index contributed by atoms with van der Waals surface area (Å²) in [6, 6.07) is 0.665. The van der Waals surface area contributed by atoms with E-state index < -0.39 is 0 Å². The molecule has 1 unspecified atom stereocenters. The van der Waals surface area contributed by atoms with Crippen LogP contribution in [0.5, 0.6) is 0 Å². The molecule has 0 aliphatic carbocycles. The van der Waals surface area contributed by atoms with E-state index in [0.29, 0.717) is 6.04 Å². The first-order chi connectivity index (χ1) is 7.76. The summed E-state index contributed by atoms with van der Waals surface area (Å²) in [5.41, 5.74) is 0. The minimum atomic E-state index is 0.665. The van der Waals surface area contributed by atoms with E-state index in [1.807, 2.05) is 0 Å². The Hall–Kier alpha value is -0.120. The summed E-state index contributed by atoms with van der Waals surface area (Å²) in [7, 11) is 0. The standard InChI is InChI=1S/C13H29N3/c1-4-7-15-9-11-16(12-10-15)8-6-13(3)14-5-2/h13-14H,4-12H2,1-3H3. The first-order valence-electron chi connectivity index (χ1n) is 6.94.